The maximum Gasteiger partial charge on any atom is 0.310 e. The SMILES string of the molecule is CC(C)(C)OC(=O)[C@@H]1CC=CC[C@@H]1C(=O)O.CC(C)(C)OC(=O)[C@H]1CC=CC[C@@H]1C(=O)O.CC(C)(C)OC(=O)[C@H]1CC[C@H](O)C[C@@H]1C(=O)OCc1ccccc1.CC(C)(C)OC(=O)[C@H]1CC[C@H]2C[C@@H]1C(=O)O2.CC(C)(C)OC(=O)[C@H]1C[C@@H](I)[C@H]2C[C@@H]1C(=O)O2.CO.COC(=O)[C@H]1CC=CC[C@H]1C(=O)O.COC(=O)[C@H]1CC=CC[C@H]1C(=O)OC(C)(C)C.O. The van der Waals surface area contributed by atoms with Crippen LogP contribution in [0.25, 0.3) is 0 Å². The highest BCUT2D eigenvalue weighted by Crippen LogP contribution is 2.44. The van der Waals surface area contributed by atoms with Crippen molar-refractivity contribution < 1.29 is 150 Å². The van der Waals surface area contributed by atoms with Crippen LogP contribution in [-0.4, -0.2) is 192 Å². The Labute approximate surface area is 731 Å². The number of hydrogen-bond acceptors (Lipinski definition) is 27. The minimum absolute atomic E-state index is 0. The number of halogens is 1. The molecule has 10 rings (SSSR count). The van der Waals surface area contributed by atoms with Crippen LogP contribution in [0, 0.1) is 82.9 Å². The van der Waals surface area contributed by atoms with Crippen molar-refractivity contribution >= 4 is 106 Å². The van der Waals surface area contributed by atoms with Gasteiger partial charge in [-0.3, -0.25) is 67.1 Å². The maximum atomic E-state index is 12.5. The Morgan fingerprint density at radius 1 is 0.361 bits per heavy atom. The van der Waals surface area contributed by atoms with Gasteiger partial charge in [0.25, 0.3) is 0 Å². The molecule has 32 heteroatoms. The summed E-state index contributed by atoms with van der Waals surface area (Å²) in [5, 5.41) is 43.7. The zero-order valence-corrected chi connectivity index (χ0v) is 76.9. The van der Waals surface area contributed by atoms with Gasteiger partial charge in [0.05, 0.1) is 103 Å². The molecular weight excluding hydrogens is 1700 g/mol. The highest BCUT2D eigenvalue weighted by Gasteiger charge is 2.53. The number of carbonyl (C=O) groups is 14. The smallest absolute Gasteiger partial charge is 0.310 e. The fourth-order valence-electron chi connectivity index (χ4n) is 14.5. The summed E-state index contributed by atoms with van der Waals surface area (Å²) in [5.41, 5.74) is -2.38. The number of ether oxygens (including phenoxy) is 11. The molecule has 0 unspecified atom stereocenters. The highest BCUT2D eigenvalue weighted by atomic mass is 127. The molecule has 0 aromatic heterocycles. The van der Waals surface area contributed by atoms with Gasteiger partial charge in [0, 0.05) is 11.0 Å². The number of carbonyl (C=O) groups excluding carboxylic acids is 11. The molecule has 0 radical (unpaired) electrons. The van der Waals surface area contributed by atoms with E-state index in [1.807, 2.05) is 123 Å². The van der Waals surface area contributed by atoms with Crippen LogP contribution < -0.4 is 0 Å². The number of methoxy groups -OCH3 is 2. The summed E-state index contributed by atoms with van der Waals surface area (Å²) >= 11 is 2.26. The lowest BCUT2D eigenvalue weighted by molar-refractivity contribution is -0.172. The molecule has 4 bridgehead atoms. The van der Waals surface area contributed by atoms with Crippen LogP contribution in [0.2, 0.25) is 0 Å². The van der Waals surface area contributed by atoms with E-state index in [4.69, 9.17) is 67.8 Å². The second kappa shape index (κ2) is 49.8. The molecule has 7 aliphatic carbocycles. The minimum atomic E-state index is -0.931. The monoisotopic (exact) mass is 1840 g/mol. The van der Waals surface area contributed by atoms with Gasteiger partial charge < -0.3 is 83.1 Å². The molecule has 122 heavy (non-hydrogen) atoms. The fourth-order valence-corrected chi connectivity index (χ4v) is 15.5. The Morgan fingerprint density at radius 2 is 0.656 bits per heavy atom. The second-order valence-electron chi connectivity index (χ2n) is 36.9. The average Bonchev–Trinajstić information content (AvgIpc) is 1.64. The number of carboxylic acids is 3. The zero-order valence-electron chi connectivity index (χ0n) is 74.7. The van der Waals surface area contributed by atoms with E-state index in [1.54, 1.807) is 80.5 Å². The van der Waals surface area contributed by atoms with Gasteiger partial charge in [-0.1, -0.05) is 102 Å². The fraction of sp³-hybridized carbons (Fsp3) is 0.689. The van der Waals surface area contributed by atoms with E-state index in [0.717, 1.165) is 19.1 Å². The lowest BCUT2D eigenvalue weighted by Gasteiger charge is -2.33. The molecule has 7 N–H and O–H groups in total. The molecule has 5 fully saturated rings. The molecule has 1 aromatic carbocycles. The number of aliphatic hydroxyl groups is 2. The molecule has 0 amide bonds. The summed E-state index contributed by atoms with van der Waals surface area (Å²) in [6.45, 7) is 32.7. The Morgan fingerprint density at radius 3 is 1.01 bits per heavy atom. The van der Waals surface area contributed by atoms with Crippen molar-refractivity contribution in [2.45, 2.75) is 290 Å². The number of carboxylic acid groups (broad SMARTS) is 3. The van der Waals surface area contributed by atoms with Crippen LogP contribution in [-0.2, 0) is 126 Å². The second-order valence-corrected chi connectivity index (χ2v) is 38.5. The number of hydrogen-bond donors (Lipinski definition) is 5. The van der Waals surface area contributed by atoms with Crippen molar-refractivity contribution in [3.63, 3.8) is 0 Å². The third-order valence-corrected chi connectivity index (χ3v) is 21.4. The van der Waals surface area contributed by atoms with Crippen LogP contribution in [0.15, 0.2) is 78.9 Å². The van der Waals surface area contributed by atoms with Crippen LogP contribution in [0.3, 0.4) is 0 Å². The maximum absolute atomic E-state index is 12.5. The Bertz CT molecular complexity index is 3700. The van der Waals surface area contributed by atoms with E-state index in [2.05, 4.69) is 27.3 Å². The van der Waals surface area contributed by atoms with E-state index < -0.39 is 147 Å². The van der Waals surface area contributed by atoms with Crippen LogP contribution >= 0.6 is 22.6 Å². The number of fused-ring (bicyclic) bond motifs is 4. The summed E-state index contributed by atoms with van der Waals surface area (Å²) in [6.07, 6.45) is 22.5. The van der Waals surface area contributed by atoms with Gasteiger partial charge in [0.15, 0.2) is 0 Å². The molecule has 0 spiro atoms. The van der Waals surface area contributed by atoms with E-state index in [-0.39, 0.29) is 94.1 Å². The van der Waals surface area contributed by atoms with E-state index >= 15 is 0 Å². The summed E-state index contributed by atoms with van der Waals surface area (Å²) in [5.74, 6) is -13.3. The van der Waals surface area contributed by atoms with Gasteiger partial charge in [-0.15, -0.1) is 0 Å². The van der Waals surface area contributed by atoms with Crippen LogP contribution in [0.1, 0.15) is 233 Å². The topological polar surface area (TPSA) is 473 Å². The number of alkyl halides is 1. The molecule has 18 atom stereocenters. The first-order valence-electron chi connectivity index (χ1n) is 41.2. The van der Waals surface area contributed by atoms with Crippen molar-refractivity contribution in [2.24, 2.45) is 82.9 Å². The number of esters is 11. The predicted molar refractivity (Wildman–Crippen MR) is 453 cm³/mol. The Balaban J connectivity index is 0.000000483. The van der Waals surface area contributed by atoms with Gasteiger partial charge in [0.1, 0.15) is 52.4 Å². The third-order valence-electron chi connectivity index (χ3n) is 20.1. The molecule has 3 saturated carbocycles. The van der Waals surface area contributed by atoms with Crippen LogP contribution in [0.4, 0.5) is 0 Å². The van der Waals surface area contributed by atoms with Crippen molar-refractivity contribution in [1.82, 2.24) is 0 Å². The molecule has 1 aromatic rings. The first-order chi connectivity index (χ1) is 56.0. The van der Waals surface area contributed by atoms with Gasteiger partial charge in [-0.05, 0) is 233 Å². The van der Waals surface area contributed by atoms with Gasteiger partial charge in [0.2, 0.25) is 0 Å². The molecule has 2 aliphatic heterocycles. The van der Waals surface area contributed by atoms with E-state index in [1.165, 1.54) is 14.2 Å². The van der Waals surface area contributed by atoms with Crippen molar-refractivity contribution in [1.29, 1.82) is 0 Å². The number of aliphatic hydroxyl groups excluding tert-OH is 2. The zero-order chi connectivity index (χ0) is 92.0. The van der Waals surface area contributed by atoms with Crippen molar-refractivity contribution in [2.75, 3.05) is 21.3 Å². The molecule has 31 nitrogen and oxygen atoms in total. The van der Waals surface area contributed by atoms with Gasteiger partial charge in [-0.2, -0.15) is 0 Å². The number of allylic oxidation sites excluding steroid dienone is 8. The summed E-state index contributed by atoms with van der Waals surface area (Å²) < 4.78 is 57.1. The standard InChI is InChI=1S/C19H26O5.C13H20O4.C12H17IO4.3C12H18O4.C9H12O4.CH4O.H2O/c1-19(2,3)24-18(22)15-10-9-14(20)11-16(15)17(21)23-12-13-7-5-4-6-8-13;1-13(2,3)17-12(15)10-8-6-5-7-9(10)11(14)16-4;1-12(2,3)17-11(15)6-4-8(13)9-5-7(6)10(14)16-9;1-12(2,3)16-11(14)8-5-4-7-6-9(8)10(13)15-7;2*1-12(2,3)16-11(15)9-7-5-4-6-8(9)10(13)14;1-13-9(12)7-5-3-2-4-6(7)8(10)11;1-2;/h4-8,14-16,20H,9-12H2,1-3H3;5-6,9-10H,7-8H2,1-4H3;6-9H,4-5H2,1-3H3;7-9H,4-6H2,1-3H3;2*4-5,8-9H,6-7H2,1-3H3,(H,13,14);2-3,6-7H,4-5H2,1H3,(H,10,11);2H,1H3;1H2/t14-,15-,16-;9-,10+;6-,7-,8+,9+;7-,8-,9-;8-,9+;8-,9-;6-,7+;;/m0000001../s1. The first-order valence-corrected chi connectivity index (χ1v) is 42.5. The third kappa shape index (κ3) is 38.2. The van der Waals surface area contributed by atoms with Gasteiger partial charge >= 0.3 is 83.6 Å². The van der Waals surface area contributed by atoms with E-state index in [9.17, 15) is 72.2 Å². The summed E-state index contributed by atoms with van der Waals surface area (Å²) in [7, 11) is 3.62. The molecule has 2 saturated heterocycles. The number of rotatable bonds is 14. The number of benzene rings is 1. The van der Waals surface area contributed by atoms with E-state index in [0.29, 0.717) is 89.9 Å². The normalized spacial score (nSPS) is 27.1. The lowest BCUT2D eigenvalue weighted by atomic mass is 9.78. The average molecular weight is 1840 g/mol. The Hall–Kier alpha value is -8.63. The molecule has 688 valence electrons. The highest BCUT2D eigenvalue weighted by molar-refractivity contribution is 14.1. The summed E-state index contributed by atoms with van der Waals surface area (Å²) in [6, 6.07) is 9.37. The largest absolute Gasteiger partial charge is 0.481 e. The molecular formula is C90H135IO31. The predicted octanol–water partition coefficient (Wildman–Crippen LogP) is 12.3. The number of aliphatic carboxylic acids is 3. The quantitative estimate of drug-likeness (QED) is 0.0380. The Kier molecular flexibility index (Phi) is 44.6. The van der Waals surface area contributed by atoms with Crippen molar-refractivity contribution in [3.05, 3.63) is 84.5 Å². The van der Waals surface area contributed by atoms with Crippen LogP contribution in [0.5, 0.6) is 0 Å². The molecule has 2 heterocycles. The first kappa shape index (κ1) is 109. The molecule has 9 aliphatic rings. The lowest BCUT2D eigenvalue weighted by Crippen LogP contribution is -2.41. The van der Waals surface area contributed by atoms with Crippen molar-refractivity contribution in [3.8, 4) is 0 Å². The summed E-state index contributed by atoms with van der Waals surface area (Å²) in [4.78, 5) is 163. The minimum Gasteiger partial charge on any atom is -0.481 e. The van der Waals surface area contributed by atoms with Gasteiger partial charge in [-0.25, -0.2) is 0 Å².